The lowest BCUT2D eigenvalue weighted by Crippen LogP contribution is -2.33. The van der Waals surface area contributed by atoms with Gasteiger partial charge in [-0.05, 0) is 55.3 Å². The van der Waals surface area contributed by atoms with Gasteiger partial charge in [-0.25, -0.2) is 5.43 Å². The summed E-state index contributed by atoms with van der Waals surface area (Å²) >= 11 is 0. The fourth-order valence-corrected chi connectivity index (χ4v) is 2.67. The van der Waals surface area contributed by atoms with Gasteiger partial charge in [-0.15, -0.1) is 0 Å². The average molecular weight is 415 g/mol. The zero-order valence-corrected chi connectivity index (χ0v) is 17.7. The van der Waals surface area contributed by atoms with Gasteiger partial charge in [0.15, 0.2) is 6.10 Å². The number of amides is 1. The van der Waals surface area contributed by atoms with Crippen molar-refractivity contribution in [1.82, 2.24) is 5.43 Å². The molecule has 0 aromatic heterocycles. The van der Waals surface area contributed by atoms with Crippen molar-refractivity contribution in [2.45, 2.75) is 26.6 Å². The third-order valence-corrected chi connectivity index (χ3v) is 4.41. The van der Waals surface area contributed by atoms with Gasteiger partial charge in [0.1, 0.15) is 18.1 Å². The molecule has 0 bridgehead atoms. The highest BCUT2D eigenvalue weighted by Crippen LogP contribution is 2.19. The molecule has 5 heteroatoms. The first-order valence-corrected chi connectivity index (χ1v) is 10.1. The summed E-state index contributed by atoms with van der Waals surface area (Å²) in [5, 5.41) is 4.10. The van der Waals surface area contributed by atoms with E-state index in [0.29, 0.717) is 18.1 Å². The van der Waals surface area contributed by atoms with E-state index in [-0.39, 0.29) is 5.91 Å². The van der Waals surface area contributed by atoms with Gasteiger partial charge in [-0.3, -0.25) is 4.79 Å². The van der Waals surface area contributed by atoms with Gasteiger partial charge >= 0.3 is 0 Å². The maximum atomic E-state index is 12.3. The SMILES string of the molecule is CC(/C=C/c1ccccc1)=N/NC(=O)[C@@H](C)Oc1ccc(OCc2ccccc2)cc1. The van der Waals surface area contributed by atoms with E-state index >= 15 is 0 Å². The lowest BCUT2D eigenvalue weighted by molar-refractivity contribution is -0.127. The van der Waals surface area contributed by atoms with Crippen molar-refractivity contribution in [3.8, 4) is 11.5 Å². The van der Waals surface area contributed by atoms with Crippen molar-refractivity contribution in [3.05, 3.63) is 102 Å². The number of nitrogens with one attached hydrogen (secondary N) is 1. The van der Waals surface area contributed by atoms with E-state index < -0.39 is 6.10 Å². The van der Waals surface area contributed by atoms with Crippen molar-refractivity contribution in [2.24, 2.45) is 5.10 Å². The lowest BCUT2D eigenvalue weighted by Gasteiger charge is -2.13. The number of carbonyl (C=O) groups is 1. The fourth-order valence-electron chi connectivity index (χ4n) is 2.67. The Morgan fingerprint density at radius 1 is 0.935 bits per heavy atom. The first-order chi connectivity index (χ1) is 15.1. The van der Waals surface area contributed by atoms with Crippen LogP contribution in [0.15, 0.2) is 96.1 Å². The molecule has 3 aromatic carbocycles. The van der Waals surface area contributed by atoms with E-state index in [1.54, 1.807) is 19.1 Å². The number of ether oxygens (including phenoxy) is 2. The molecule has 0 aliphatic rings. The molecule has 0 heterocycles. The fraction of sp³-hybridized carbons (Fsp3) is 0.154. The maximum absolute atomic E-state index is 12.3. The monoisotopic (exact) mass is 414 g/mol. The van der Waals surface area contributed by atoms with Crippen molar-refractivity contribution in [2.75, 3.05) is 0 Å². The first-order valence-electron chi connectivity index (χ1n) is 10.1. The molecule has 0 aliphatic heterocycles. The van der Waals surface area contributed by atoms with Gasteiger partial charge < -0.3 is 9.47 Å². The second-order valence-electron chi connectivity index (χ2n) is 6.98. The third kappa shape index (κ3) is 7.48. The molecule has 31 heavy (non-hydrogen) atoms. The summed E-state index contributed by atoms with van der Waals surface area (Å²) in [7, 11) is 0. The molecule has 0 unspecified atom stereocenters. The molecule has 1 atom stereocenters. The lowest BCUT2D eigenvalue weighted by atomic mass is 10.2. The summed E-state index contributed by atoms with van der Waals surface area (Å²) in [6.45, 7) is 4.00. The number of hydrogen-bond acceptors (Lipinski definition) is 4. The van der Waals surface area contributed by atoms with Crippen LogP contribution < -0.4 is 14.9 Å². The summed E-state index contributed by atoms with van der Waals surface area (Å²) in [6.07, 6.45) is 3.09. The highest BCUT2D eigenvalue weighted by atomic mass is 16.5. The molecular formula is C26H26N2O3. The maximum Gasteiger partial charge on any atom is 0.280 e. The molecule has 0 fully saturated rings. The molecule has 0 saturated heterocycles. The minimum atomic E-state index is -0.689. The third-order valence-electron chi connectivity index (χ3n) is 4.41. The van der Waals surface area contributed by atoms with E-state index in [1.165, 1.54) is 0 Å². The normalized spacial score (nSPS) is 12.4. The Balaban J connectivity index is 1.46. The summed E-state index contributed by atoms with van der Waals surface area (Å²) in [4.78, 5) is 12.3. The number of hydrazone groups is 1. The largest absolute Gasteiger partial charge is 0.489 e. The van der Waals surface area contributed by atoms with Gasteiger partial charge in [0.25, 0.3) is 5.91 Å². The van der Waals surface area contributed by atoms with Crippen LogP contribution in [0.1, 0.15) is 25.0 Å². The number of carbonyl (C=O) groups excluding carboxylic acids is 1. The van der Waals surface area contributed by atoms with Gasteiger partial charge in [-0.1, -0.05) is 66.7 Å². The average Bonchev–Trinajstić information content (AvgIpc) is 2.82. The molecule has 0 radical (unpaired) electrons. The Hall–Kier alpha value is -3.86. The number of hydrogen-bond donors (Lipinski definition) is 1. The quantitative estimate of drug-likeness (QED) is 0.385. The van der Waals surface area contributed by atoms with Crippen LogP contribution >= 0.6 is 0 Å². The summed E-state index contributed by atoms with van der Waals surface area (Å²) in [6, 6.07) is 27.0. The Morgan fingerprint density at radius 2 is 1.55 bits per heavy atom. The van der Waals surface area contributed by atoms with Crippen LogP contribution in [-0.2, 0) is 11.4 Å². The van der Waals surface area contributed by atoms with E-state index in [4.69, 9.17) is 9.47 Å². The highest BCUT2D eigenvalue weighted by Gasteiger charge is 2.14. The highest BCUT2D eigenvalue weighted by molar-refractivity contribution is 5.97. The molecule has 0 aliphatic carbocycles. The molecule has 3 rings (SSSR count). The van der Waals surface area contributed by atoms with Crippen molar-refractivity contribution in [3.63, 3.8) is 0 Å². The van der Waals surface area contributed by atoms with Crippen molar-refractivity contribution < 1.29 is 14.3 Å². The number of allylic oxidation sites excluding steroid dienone is 1. The van der Waals surface area contributed by atoms with Gasteiger partial charge in [0, 0.05) is 0 Å². The number of benzene rings is 3. The first kappa shape index (κ1) is 21.8. The molecule has 158 valence electrons. The van der Waals surface area contributed by atoms with Crippen LogP contribution in [0.3, 0.4) is 0 Å². The minimum Gasteiger partial charge on any atom is -0.489 e. The van der Waals surface area contributed by atoms with E-state index in [2.05, 4.69) is 10.5 Å². The summed E-state index contributed by atoms with van der Waals surface area (Å²) in [5.74, 6) is 0.995. The van der Waals surface area contributed by atoms with E-state index in [0.717, 1.165) is 16.9 Å². The zero-order chi connectivity index (χ0) is 21.9. The molecular weight excluding hydrogens is 388 g/mol. The number of rotatable bonds is 9. The van der Waals surface area contributed by atoms with Crippen molar-refractivity contribution >= 4 is 17.7 Å². The predicted molar refractivity (Wildman–Crippen MR) is 124 cm³/mol. The molecule has 5 nitrogen and oxygen atoms in total. The van der Waals surface area contributed by atoms with E-state index in [1.807, 2.05) is 91.9 Å². The topological polar surface area (TPSA) is 59.9 Å². The summed E-state index contributed by atoms with van der Waals surface area (Å²) in [5.41, 5.74) is 5.39. The molecule has 0 saturated carbocycles. The predicted octanol–water partition coefficient (Wildman–Crippen LogP) is 5.24. The van der Waals surface area contributed by atoms with Gasteiger partial charge in [0.2, 0.25) is 0 Å². The molecule has 1 N–H and O–H groups in total. The van der Waals surface area contributed by atoms with Crippen molar-refractivity contribution in [1.29, 1.82) is 0 Å². The van der Waals surface area contributed by atoms with Gasteiger partial charge in [0.05, 0.1) is 5.71 Å². The number of nitrogens with zero attached hydrogens (tertiary/aromatic N) is 1. The zero-order valence-electron chi connectivity index (χ0n) is 17.7. The molecule has 3 aromatic rings. The van der Waals surface area contributed by atoms with Crippen LogP contribution in [0.2, 0.25) is 0 Å². The molecule has 0 spiro atoms. The van der Waals surface area contributed by atoms with Crippen LogP contribution in [0.25, 0.3) is 6.08 Å². The second kappa shape index (κ2) is 11.4. The van der Waals surface area contributed by atoms with E-state index in [9.17, 15) is 4.79 Å². The van der Waals surface area contributed by atoms with Crippen LogP contribution in [-0.4, -0.2) is 17.7 Å². The second-order valence-corrected chi connectivity index (χ2v) is 6.98. The Labute approximate surface area is 183 Å². The van der Waals surface area contributed by atoms with Gasteiger partial charge in [-0.2, -0.15) is 5.10 Å². The Kier molecular flexibility index (Phi) is 8.00. The van der Waals surface area contributed by atoms with Crippen LogP contribution in [0, 0.1) is 0 Å². The minimum absolute atomic E-state index is 0.322. The standard InChI is InChI=1S/C26H26N2O3/c1-20(13-14-22-9-5-3-6-10-22)27-28-26(29)21(2)31-25-17-15-24(16-18-25)30-19-23-11-7-4-8-12-23/h3-18,21H,19H2,1-2H3,(H,28,29)/b14-13+,27-20-/t21-/m1/s1. The van der Waals surface area contributed by atoms with Crippen LogP contribution in [0.4, 0.5) is 0 Å². The molecule has 1 amide bonds. The van der Waals surface area contributed by atoms with Crippen LogP contribution in [0.5, 0.6) is 11.5 Å². The Morgan fingerprint density at radius 3 is 2.23 bits per heavy atom. The summed E-state index contributed by atoms with van der Waals surface area (Å²) < 4.78 is 11.5. The smallest absolute Gasteiger partial charge is 0.280 e. The Bertz CT molecular complexity index is 1010.